The molecule has 1 aliphatic rings. The molecule has 28 heavy (non-hydrogen) atoms. The zero-order valence-electron chi connectivity index (χ0n) is 18.1. The van der Waals surface area contributed by atoms with Crippen molar-refractivity contribution < 1.29 is 19.4 Å². The smallest absolute Gasteiger partial charge is 0.410 e. The maximum absolute atomic E-state index is 13.1. The molecule has 0 aromatic rings. The van der Waals surface area contributed by atoms with E-state index in [1.807, 2.05) is 32.6 Å². The van der Waals surface area contributed by atoms with Gasteiger partial charge in [0.05, 0.1) is 6.04 Å². The third-order valence-corrected chi connectivity index (χ3v) is 4.90. The third-order valence-electron chi connectivity index (χ3n) is 4.90. The Morgan fingerprint density at radius 3 is 2.21 bits per heavy atom. The number of amides is 2. The van der Waals surface area contributed by atoms with Crippen molar-refractivity contribution in [2.75, 3.05) is 39.3 Å². The molecule has 8 nitrogen and oxygen atoms in total. The van der Waals surface area contributed by atoms with Crippen molar-refractivity contribution in [2.24, 2.45) is 5.73 Å². The summed E-state index contributed by atoms with van der Waals surface area (Å²) in [4.78, 5) is 28.8. The van der Waals surface area contributed by atoms with Crippen LogP contribution in [0.4, 0.5) is 4.79 Å². The second-order valence-corrected chi connectivity index (χ2v) is 8.41. The average molecular weight is 401 g/mol. The summed E-state index contributed by atoms with van der Waals surface area (Å²) in [7, 11) is 0. The van der Waals surface area contributed by atoms with Crippen LogP contribution in [0.5, 0.6) is 0 Å². The third kappa shape index (κ3) is 8.75. The van der Waals surface area contributed by atoms with Crippen LogP contribution in [-0.4, -0.2) is 83.9 Å². The van der Waals surface area contributed by atoms with E-state index in [1.54, 1.807) is 4.90 Å². The Morgan fingerprint density at radius 2 is 1.71 bits per heavy atom. The van der Waals surface area contributed by atoms with Crippen LogP contribution < -0.4 is 11.1 Å². The van der Waals surface area contributed by atoms with E-state index < -0.39 is 5.60 Å². The number of hydrogen-bond donors (Lipinski definition) is 3. The van der Waals surface area contributed by atoms with Gasteiger partial charge in [-0.2, -0.15) is 0 Å². The Labute approximate surface area is 169 Å². The minimum absolute atomic E-state index is 0.0669. The lowest BCUT2D eigenvalue weighted by molar-refractivity contribution is -0.135. The number of nitrogens with one attached hydrogen (secondary N) is 1. The molecule has 0 aromatic carbocycles. The molecular formula is C20H40N4O4. The van der Waals surface area contributed by atoms with Gasteiger partial charge in [0.15, 0.2) is 0 Å². The van der Waals surface area contributed by atoms with Crippen LogP contribution >= 0.6 is 0 Å². The van der Waals surface area contributed by atoms with Crippen LogP contribution in [0.1, 0.15) is 59.8 Å². The molecule has 2 amide bonds. The minimum atomic E-state index is -0.524. The van der Waals surface area contributed by atoms with Gasteiger partial charge >= 0.3 is 6.09 Å². The number of rotatable bonds is 10. The van der Waals surface area contributed by atoms with Crippen molar-refractivity contribution in [3.63, 3.8) is 0 Å². The molecule has 0 spiro atoms. The monoisotopic (exact) mass is 400 g/mol. The highest BCUT2D eigenvalue weighted by molar-refractivity contribution is 5.82. The lowest BCUT2D eigenvalue weighted by atomic mass is 10.0. The summed E-state index contributed by atoms with van der Waals surface area (Å²) < 4.78 is 5.42. The molecule has 8 heteroatoms. The Bertz CT molecular complexity index is 473. The number of carbonyl (C=O) groups is 2. The highest BCUT2D eigenvalue weighted by Gasteiger charge is 2.31. The van der Waals surface area contributed by atoms with Crippen LogP contribution in [0.15, 0.2) is 0 Å². The highest BCUT2D eigenvalue weighted by atomic mass is 16.6. The molecule has 0 radical (unpaired) electrons. The van der Waals surface area contributed by atoms with Crippen molar-refractivity contribution in [1.82, 2.24) is 15.1 Å². The summed E-state index contributed by atoms with van der Waals surface area (Å²) in [6.07, 6.45) is 3.65. The Balaban J connectivity index is 2.64. The lowest BCUT2D eigenvalue weighted by Crippen LogP contribution is -2.56. The van der Waals surface area contributed by atoms with Crippen LogP contribution in [0, 0.1) is 0 Å². The molecule has 1 rings (SSSR count). The number of piperazine rings is 1. The van der Waals surface area contributed by atoms with E-state index in [2.05, 4.69) is 5.32 Å². The number of hydrogen-bond acceptors (Lipinski definition) is 6. The van der Waals surface area contributed by atoms with Gasteiger partial charge in [0, 0.05) is 38.8 Å². The number of unbranched alkanes of at least 4 members (excludes halogenated alkanes) is 1. The van der Waals surface area contributed by atoms with Crippen LogP contribution in [0.3, 0.4) is 0 Å². The maximum Gasteiger partial charge on any atom is 0.410 e. The van der Waals surface area contributed by atoms with Gasteiger partial charge in [0.2, 0.25) is 5.91 Å². The van der Waals surface area contributed by atoms with E-state index in [1.165, 1.54) is 0 Å². The van der Waals surface area contributed by atoms with Gasteiger partial charge in [-0.25, -0.2) is 4.79 Å². The SMILES string of the molecule is CCC(CCO)NC(CCCCN)C(=O)N1CCN(C(=O)OC(C)(C)C)CC1. The number of ether oxygens (including phenoxy) is 1. The number of nitrogens with zero attached hydrogens (tertiary/aromatic N) is 2. The topological polar surface area (TPSA) is 108 Å². The molecular weight excluding hydrogens is 360 g/mol. The predicted octanol–water partition coefficient (Wildman–Crippen LogP) is 1.31. The average Bonchev–Trinajstić information content (AvgIpc) is 2.65. The van der Waals surface area contributed by atoms with Crippen LogP contribution in [0.2, 0.25) is 0 Å². The van der Waals surface area contributed by atoms with E-state index in [9.17, 15) is 14.7 Å². The molecule has 1 aliphatic heterocycles. The van der Waals surface area contributed by atoms with E-state index in [-0.39, 0.29) is 30.7 Å². The first kappa shape index (κ1) is 24.7. The molecule has 2 unspecified atom stereocenters. The highest BCUT2D eigenvalue weighted by Crippen LogP contribution is 2.14. The van der Waals surface area contributed by atoms with Gasteiger partial charge in [-0.15, -0.1) is 0 Å². The Hall–Kier alpha value is -1.38. The summed E-state index contributed by atoms with van der Waals surface area (Å²) in [5.41, 5.74) is 5.07. The maximum atomic E-state index is 13.1. The van der Waals surface area contributed by atoms with E-state index in [4.69, 9.17) is 10.5 Å². The Morgan fingerprint density at radius 1 is 1.11 bits per heavy atom. The zero-order chi connectivity index (χ0) is 21.2. The van der Waals surface area contributed by atoms with Crippen LogP contribution in [-0.2, 0) is 9.53 Å². The van der Waals surface area contributed by atoms with E-state index in [0.717, 1.165) is 25.7 Å². The first-order valence-corrected chi connectivity index (χ1v) is 10.6. The first-order valence-electron chi connectivity index (χ1n) is 10.6. The standard InChI is InChI=1S/C20H40N4O4/c1-5-16(9-15-25)22-17(8-6-7-10-21)18(26)23-11-13-24(14-12-23)19(27)28-20(2,3)4/h16-17,22,25H,5-15,21H2,1-4H3. The number of aliphatic hydroxyl groups excluding tert-OH is 1. The molecule has 0 bridgehead atoms. The van der Waals surface area contributed by atoms with Crippen LogP contribution in [0.25, 0.3) is 0 Å². The summed E-state index contributed by atoms with van der Waals surface area (Å²) in [6, 6.07) is -0.170. The van der Waals surface area contributed by atoms with Gasteiger partial charge in [0.1, 0.15) is 5.60 Å². The van der Waals surface area contributed by atoms with Gasteiger partial charge in [-0.05, 0) is 53.0 Å². The first-order chi connectivity index (χ1) is 13.2. The molecule has 1 fully saturated rings. The van der Waals surface area contributed by atoms with Crippen molar-refractivity contribution in [2.45, 2.75) is 77.5 Å². The normalized spacial score (nSPS) is 17.4. The zero-order valence-corrected chi connectivity index (χ0v) is 18.1. The van der Waals surface area contributed by atoms with Crippen molar-refractivity contribution in [3.8, 4) is 0 Å². The van der Waals surface area contributed by atoms with Gasteiger partial charge in [-0.3, -0.25) is 4.79 Å². The summed E-state index contributed by atoms with van der Waals surface area (Å²) in [5.74, 6) is 0.0669. The van der Waals surface area contributed by atoms with Gasteiger partial charge in [-0.1, -0.05) is 13.3 Å². The van der Waals surface area contributed by atoms with Crippen molar-refractivity contribution >= 4 is 12.0 Å². The minimum Gasteiger partial charge on any atom is -0.444 e. The fourth-order valence-corrected chi connectivity index (χ4v) is 3.27. The summed E-state index contributed by atoms with van der Waals surface area (Å²) in [5, 5.41) is 12.7. The molecule has 1 heterocycles. The molecule has 4 N–H and O–H groups in total. The predicted molar refractivity (Wildman–Crippen MR) is 110 cm³/mol. The van der Waals surface area contributed by atoms with Crippen molar-refractivity contribution in [1.29, 1.82) is 0 Å². The Kier molecular flexibility index (Phi) is 10.8. The molecule has 0 saturated carbocycles. The quantitative estimate of drug-likeness (QED) is 0.477. The van der Waals surface area contributed by atoms with E-state index in [0.29, 0.717) is 39.1 Å². The number of carbonyl (C=O) groups excluding carboxylic acids is 2. The summed E-state index contributed by atoms with van der Waals surface area (Å²) >= 11 is 0. The fourth-order valence-electron chi connectivity index (χ4n) is 3.27. The van der Waals surface area contributed by atoms with Crippen molar-refractivity contribution in [3.05, 3.63) is 0 Å². The number of nitrogens with two attached hydrogens (primary N) is 1. The largest absolute Gasteiger partial charge is 0.444 e. The second-order valence-electron chi connectivity index (χ2n) is 8.41. The van der Waals surface area contributed by atoms with Gasteiger partial charge < -0.3 is 30.7 Å². The number of aliphatic hydroxyl groups is 1. The second kappa shape index (κ2) is 12.2. The van der Waals surface area contributed by atoms with E-state index >= 15 is 0 Å². The summed E-state index contributed by atoms with van der Waals surface area (Å²) in [6.45, 7) is 10.3. The molecule has 1 saturated heterocycles. The molecule has 2 atom stereocenters. The fraction of sp³-hybridized carbons (Fsp3) is 0.900. The molecule has 0 aliphatic carbocycles. The van der Waals surface area contributed by atoms with Gasteiger partial charge in [0.25, 0.3) is 0 Å². The molecule has 0 aromatic heterocycles. The molecule has 164 valence electrons. The lowest BCUT2D eigenvalue weighted by Gasteiger charge is -2.37.